The number of ether oxygens (including phenoxy) is 2. The predicted octanol–water partition coefficient (Wildman–Crippen LogP) is 3.13. The van der Waals surface area contributed by atoms with E-state index in [1.165, 1.54) is 0 Å². The number of methoxy groups -OCH3 is 2. The second-order valence-corrected chi connectivity index (χ2v) is 7.84. The lowest BCUT2D eigenvalue weighted by Crippen LogP contribution is -2.45. The Kier molecular flexibility index (Phi) is 4.60. The monoisotopic (exact) mass is 370 g/mol. The van der Waals surface area contributed by atoms with E-state index in [1.54, 1.807) is 14.2 Å². The number of hydrogen-bond donors (Lipinski definition) is 2. The average Bonchev–Trinajstić information content (AvgIpc) is 2.67. The van der Waals surface area contributed by atoms with Crippen molar-refractivity contribution in [2.45, 2.75) is 37.7 Å². The fraction of sp³-hybridized carbons (Fsp3) is 0.500. The molecule has 2 aromatic rings. The Labute approximate surface area is 158 Å². The van der Waals surface area contributed by atoms with Crippen LogP contribution in [0.1, 0.15) is 41.6 Å². The van der Waals surface area contributed by atoms with Crippen LogP contribution in [0.3, 0.4) is 0 Å². The largest absolute Gasteiger partial charge is 0.496 e. The predicted molar refractivity (Wildman–Crippen MR) is 103 cm³/mol. The topological polar surface area (TPSA) is 76.0 Å². The van der Waals surface area contributed by atoms with Crippen molar-refractivity contribution in [1.29, 1.82) is 0 Å². The molecule has 27 heavy (non-hydrogen) atoms. The van der Waals surface area contributed by atoms with Crippen LogP contribution in [-0.2, 0) is 6.42 Å². The van der Waals surface area contributed by atoms with E-state index in [-0.39, 0.29) is 24.2 Å². The van der Waals surface area contributed by atoms with Crippen LogP contribution in [-0.4, -0.2) is 42.4 Å². The number of rotatable bonds is 4. The van der Waals surface area contributed by atoms with Crippen LogP contribution in [0, 0.1) is 11.8 Å². The summed E-state index contributed by atoms with van der Waals surface area (Å²) in [7, 11) is 3.24. The van der Waals surface area contributed by atoms with Crippen molar-refractivity contribution >= 4 is 16.6 Å². The van der Waals surface area contributed by atoms with Gasteiger partial charge in [-0.1, -0.05) is 24.3 Å². The second-order valence-electron chi connectivity index (χ2n) is 7.84. The van der Waals surface area contributed by atoms with Crippen molar-refractivity contribution in [3.8, 4) is 11.5 Å². The Morgan fingerprint density at radius 2 is 1.81 bits per heavy atom. The molecule has 0 aliphatic heterocycles. The molecule has 1 saturated carbocycles. The SMILES string of the molecule is COc1c2c(c(OC)c3ccccc13)C(=O)C1CC(O)(CCO)CCC1C2. The minimum absolute atomic E-state index is 0.0261. The Morgan fingerprint density at radius 1 is 1.15 bits per heavy atom. The number of fused-ring (bicyclic) bond motifs is 3. The number of aliphatic hydroxyl groups is 2. The standard InChI is InChI=1S/C22H26O5/c1-26-20-14-5-3-4-6-15(14)21(27-2)18-16(20)11-13-7-8-22(25,9-10-23)12-17(13)19(18)24/h3-6,13,17,23,25H,7-12H2,1-2H3. The summed E-state index contributed by atoms with van der Waals surface area (Å²) in [5, 5.41) is 21.9. The maximum Gasteiger partial charge on any atom is 0.170 e. The molecule has 0 bridgehead atoms. The van der Waals surface area contributed by atoms with Gasteiger partial charge in [0.1, 0.15) is 11.5 Å². The third-order valence-corrected chi connectivity index (χ3v) is 6.40. The normalized spacial score (nSPS) is 27.2. The molecule has 1 fully saturated rings. The maximum atomic E-state index is 13.5. The molecule has 2 aromatic carbocycles. The molecular formula is C22H26O5. The number of carbonyl (C=O) groups excluding carboxylic acids is 1. The van der Waals surface area contributed by atoms with Crippen LogP contribution in [0.15, 0.2) is 24.3 Å². The van der Waals surface area contributed by atoms with Gasteiger partial charge in [-0.25, -0.2) is 0 Å². The Balaban J connectivity index is 1.88. The first kappa shape index (κ1) is 18.3. The van der Waals surface area contributed by atoms with Gasteiger partial charge < -0.3 is 19.7 Å². The summed E-state index contributed by atoms with van der Waals surface area (Å²) in [6, 6.07) is 7.82. The molecule has 5 heteroatoms. The number of aliphatic hydroxyl groups excluding tert-OH is 1. The van der Waals surface area contributed by atoms with Crippen molar-refractivity contribution in [3.05, 3.63) is 35.4 Å². The smallest absolute Gasteiger partial charge is 0.170 e. The first-order valence-corrected chi connectivity index (χ1v) is 9.56. The molecular weight excluding hydrogens is 344 g/mol. The van der Waals surface area contributed by atoms with Crippen LogP contribution in [0.5, 0.6) is 11.5 Å². The van der Waals surface area contributed by atoms with Gasteiger partial charge in [-0.3, -0.25) is 4.79 Å². The van der Waals surface area contributed by atoms with Crippen molar-refractivity contribution in [2.24, 2.45) is 11.8 Å². The molecule has 0 spiro atoms. The average molecular weight is 370 g/mol. The minimum Gasteiger partial charge on any atom is -0.496 e. The molecule has 3 atom stereocenters. The van der Waals surface area contributed by atoms with Crippen molar-refractivity contribution in [1.82, 2.24) is 0 Å². The molecule has 3 unspecified atom stereocenters. The first-order chi connectivity index (χ1) is 13.0. The van der Waals surface area contributed by atoms with Crippen molar-refractivity contribution < 1.29 is 24.5 Å². The zero-order valence-electron chi connectivity index (χ0n) is 15.8. The molecule has 144 valence electrons. The number of Topliss-reactive ketones (excluding diaryl/α,β-unsaturated/α-hetero) is 1. The van der Waals surface area contributed by atoms with Gasteiger partial charge in [0, 0.05) is 28.9 Å². The first-order valence-electron chi connectivity index (χ1n) is 9.56. The number of carbonyl (C=O) groups is 1. The van der Waals surface area contributed by atoms with E-state index >= 15 is 0 Å². The summed E-state index contributed by atoms with van der Waals surface area (Å²) in [6.45, 7) is -0.0690. The lowest BCUT2D eigenvalue weighted by atomic mass is 9.63. The zero-order chi connectivity index (χ0) is 19.2. The summed E-state index contributed by atoms with van der Waals surface area (Å²) in [5.41, 5.74) is 0.562. The van der Waals surface area contributed by atoms with Gasteiger partial charge >= 0.3 is 0 Å². The highest BCUT2D eigenvalue weighted by Crippen LogP contribution is 2.51. The highest BCUT2D eigenvalue weighted by molar-refractivity contribution is 6.10. The van der Waals surface area contributed by atoms with Gasteiger partial charge in [-0.2, -0.15) is 0 Å². The van der Waals surface area contributed by atoms with E-state index in [9.17, 15) is 15.0 Å². The third kappa shape index (κ3) is 2.80. The summed E-state index contributed by atoms with van der Waals surface area (Å²) >= 11 is 0. The summed E-state index contributed by atoms with van der Waals surface area (Å²) in [4.78, 5) is 13.5. The number of ketones is 1. The molecule has 2 N–H and O–H groups in total. The number of hydrogen-bond acceptors (Lipinski definition) is 5. The van der Waals surface area contributed by atoms with Crippen LogP contribution in [0.4, 0.5) is 0 Å². The molecule has 0 aromatic heterocycles. The van der Waals surface area contributed by atoms with Crippen LogP contribution in [0.2, 0.25) is 0 Å². The highest BCUT2D eigenvalue weighted by Gasteiger charge is 2.47. The van der Waals surface area contributed by atoms with Crippen molar-refractivity contribution in [3.63, 3.8) is 0 Å². The quantitative estimate of drug-likeness (QED) is 0.865. The number of benzene rings is 2. The van der Waals surface area contributed by atoms with E-state index in [1.807, 2.05) is 24.3 Å². The Hall–Kier alpha value is -2.11. The van der Waals surface area contributed by atoms with E-state index in [0.29, 0.717) is 30.6 Å². The maximum absolute atomic E-state index is 13.5. The lowest BCUT2D eigenvalue weighted by molar-refractivity contribution is -0.0461. The molecule has 0 radical (unpaired) electrons. The Morgan fingerprint density at radius 3 is 2.44 bits per heavy atom. The summed E-state index contributed by atoms with van der Waals surface area (Å²) in [5.74, 6) is 1.31. The van der Waals surface area contributed by atoms with Crippen LogP contribution < -0.4 is 9.47 Å². The van der Waals surface area contributed by atoms with E-state index in [2.05, 4.69) is 0 Å². The van der Waals surface area contributed by atoms with E-state index < -0.39 is 5.60 Å². The van der Waals surface area contributed by atoms with Crippen LogP contribution >= 0.6 is 0 Å². The molecule has 2 aliphatic rings. The molecule has 0 heterocycles. The van der Waals surface area contributed by atoms with Gasteiger partial charge in [0.25, 0.3) is 0 Å². The minimum atomic E-state index is -0.961. The molecule has 0 amide bonds. The lowest BCUT2D eigenvalue weighted by Gasteiger charge is -2.43. The molecule has 5 nitrogen and oxygen atoms in total. The van der Waals surface area contributed by atoms with E-state index in [4.69, 9.17) is 9.47 Å². The zero-order valence-corrected chi connectivity index (χ0v) is 15.8. The van der Waals surface area contributed by atoms with Gasteiger partial charge in [0.05, 0.1) is 25.4 Å². The van der Waals surface area contributed by atoms with Crippen LogP contribution in [0.25, 0.3) is 10.8 Å². The van der Waals surface area contributed by atoms with Crippen molar-refractivity contribution in [2.75, 3.05) is 20.8 Å². The summed E-state index contributed by atoms with van der Waals surface area (Å²) in [6.07, 6.45) is 2.84. The highest BCUT2D eigenvalue weighted by atomic mass is 16.5. The molecule has 4 rings (SSSR count). The second kappa shape index (κ2) is 6.80. The third-order valence-electron chi connectivity index (χ3n) is 6.40. The van der Waals surface area contributed by atoms with Gasteiger partial charge in [0.2, 0.25) is 0 Å². The van der Waals surface area contributed by atoms with Gasteiger partial charge in [0.15, 0.2) is 5.78 Å². The molecule has 0 saturated heterocycles. The van der Waals surface area contributed by atoms with E-state index in [0.717, 1.165) is 34.9 Å². The summed E-state index contributed by atoms with van der Waals surface area (Å²) < 4.78 is 11.4. The fourth-order valence-electron chi connectivity index (χ4n) is 5.09. The molecule has 2 aliphatic carbocycles. The van der Waals surface area contributed by atoms with Gasteiger partial charge in [-0.15, -0.1) is 0 Å². The fourth-order valence-corrected chi connectivity index (χ4v) is 5.09. The van der Waals surface area contributed by atoms with Gasteiger partial charge in [-0.05, 0) is 38.0 Å². The Bertz CT molecular complexity index is 890.